The number of benzene rings is 1. The number of rotatable bonds is 5. The summed E-state index contributed by atoms with van der Waals surface area (Å²) < 4.78 is 1.99. The fourth-order valence-electron chi connectivity index (χ4n) is 2.53. The molecule has 1 aromatic carbocycles. The van der Waals surface area contributed by atoms with E-state index in [0.29, 0.717) is 13.0 Å². The number of aryl methyl sites for hydroxylation is 3. The number of carbonyl (C=O) groups excluding carboxylic acids is 1. The Hall–Kier alpha value is -2.62. The highest BCUT2D eigenvalue weighted by atomic mass is 16.1. The van der Waals surface area contributed by atoms with Gasteiger partial charge in [0.05, 0.1) is 12.2 Å². The Kier molecular flexibility index (Phi) is 4.42. The summed E-state index contributed by atoms with van der Waals surface area (Å²) in [4.78, 5) is 16.5. The number of nitrogens with one attached hydrogen (secondary N) is 1. The second-order valence-corrected chi connectivity index (χ2v) is 5.97. The number of aromatic nitrogens is 2. The topological polar surface area (TPSA) is 46.4 Å². The lowest BCUT2D eigenvalue weighted by Gasteiger charge is -2.04. The fraction of sp³-hybridized carbons (Fsp3) is 0.263. The maximum absolute atomic E-state index is 12.0. The quantitative estimate of drug-likeness (QED) is 0.787. The van der Waals surface area contributed by atoms with Gasteiger partial charge >= 0.3 is 0 Å². The van der Waals surface area contributed by atoms with Crippen LogP contribution in [0, 0.1) is 13.8 Å². The minimum absolute atomic E-state index is 0.0545. The molecular formula is C19H21N3O. The van der Waals surface area contributed by atoms with Crippen LogP contribution in [0.25, 0.3) is 5.65 Å². The first-order valence-electron chi connectivity index (χ1n) is 7.86. The molecule has 0 bridgehead atoms. The van der Waals surface area contributed by atoms with Gasteiger partial charge in [-0.15, -0.1) is 0 Å². The molecule has 0 saturated heterocycles. The zero-order chi connectivity index (χ0) is 16.2. The molecular weight excluding hydrogens is 286 g/mol. The van der Waals surface area contributed by atoms with Crippen LogP contribution in [0.1, 0.15) is 28.8 Å². The monoisotopic (exact) mass is 307 g/mol. The molecule has 3 rings (SSSR count). The van der Waals surface area contributed by atoms with Crippen LogP contribution in [0.15, 0.2) is 48.8 Å². The maximum Gasteiger partial charge on any atom is 0.220 e. The predicted molar refractivity (Wildman–Crippen MR) is 91.3 cm³/mol. The molecule has 0 atom stereocenters. The van der Waals surface area contributed by atoms with E-state index < -0.39 is 0 Å². The van der Waals surface area contributed by atoms with Crippen molar-refractivity contribution in [2.75, 3.05) is 0 Å². The molecule has 0 fully saturated rings. The van der Waals surface area contributed by atoms with E-state index >= 15 is 0 Å². The number of hydrogen-bond acceptors (Lipinski definition) is 2. The van der Waals surface area contributed by atoms with E-state index in [-0.39, 0.29) is 5.91 Å². The lowest BCUT2D eigenvalue weighted by atomic mass is 10.1. The largest absolute Gasteiger partial charge is 0.350 e. The standard InChI is InChI=1S/C19H21N3O/c1-14-3-6-16(7-4-14)8-10-19(23)20-11-17-13-22-12-15(2)5-9-18(22)21-17/h3-7,9,12-13H,8,10-11H2,1-2H3,(H,20,23). The van der Waals surface area contributed by atoms with Crippen molar-refractivity contribution < 1.29 is 4.79 Å². The summed E-state index contributed by atoms with van der Waals surface area (Å²) in [5.74, 6) is 0.0545. The van der Waals surface area contributed by atoms with Crippen LogP contribution in [-0.4, -0.2) is 15.3 Å². The van der Waals surface area contributed by atoms with Gasteiger partial charge in [-0.25, -0.2) is 4.98 Å². The lowest BCUT2D eigenvalue weighted by molar-refractivity contribution is -0.121. The maximum atomic E-state index is 12.0. The van der Waals surface area contributed by atoms with Crippen LogP contribution in [-0.2, 0) is 17.8 Å². The average Bonchev–Trinajstić information content (AvgIpc) is 2.94. The SMILES string of the molecule is Cc1ccc(CCC(=O)NCc2cn3cc(C)ccc3n2)cc1. The number of amides is 1. The highest BCUT2D eigenvalue weighted by Crippen LogP contribution is 2.08. The average molecular weight is 307 g/mol. The molecule has 0 aliphatic rings. The minimum atomic E-state index is 0.0545. The molecule has 2 aromatic heterocycles. The summed E-state index contributed by atoms with van der Waals surface area (Å²) in [5, 5.41) is 2.94. The third-order valence-corrected chi connectivity index (χ3v) is 3.88. The second-order valence-electron chi connectivity index (χ2n) is 5.97. The minimum Gasteiger partial charge on any atom is -0.350 e. The Bertz CT molecular complexity index is 818. The zero-order valence-electron chi connectivity index (χ0n) is 13.5. The molecule has 0 spiro atoms. The summed E-state index contributed by atoms with van der Waals surface area (Å²) in [7, 11) is 0. The predicted octanol–water partition coefficient (Wildman–Crippen LogP) is 3.20. The Labute approximate surface area is 136 Å². The van der Waals surface area contributed by atoms with Gasteiger partial charge in [0.25, 0.3) is 0 Å². The van der Waals surface area contributed by atoms with Crippen molar-refractivity contribution in [3.8, 4) is 0 Å². The van der Waals surface area contributed by atoms with Crippen molar-refractivity contribution in [2.24, 2.45) is 0 Å². The molecule has 118 valence electrons. The highest BCUT2D eigenvalue weighted by molar-refractivity contribution is 5.76. The van der Waals surface area contributed by atoms with E-state index in [9.17, 15) is 4.79 Å². The van der Waals surface area contributed by atoms with Gasteiger partial charge in [0, 0.05) is 18.8 Å². The first-order chi connectivity index (χ1) is 11.1. The third-order valence-electron chi connectivity index (χ3n) is 3.88. The number of nitrogens with zero attached hydrogens (tertiary/aromatic N) is 2. The fourth-order valence-corrected chi connectivity index (χ4v) is 2.53. The van der Waals surface area contributed by atoms with E-state index in [1.807, 2.05) is 35.9 Å². The highest BCUT2D eigenvalue weighted by Gasteiger charge is 2.05. The molecule has 2 heterocycles. The number of fused-ring (bicyclic) bond motifs is 1. The van der Waals surface area contributed by atoms with Crippen LogP contribution in [0.2, 0.25) is 0 Å². The molecule has 4 nitrogen and oxygen atoms in total. The van der Waals surface area contributed by atoms with Crippen LogP contribution >= 0.6 is 0 Å². The van der Waals surface area contributed by atoms with Gasteiger partial charge in [0.2, 0.25) is 5.91 Å². The smallest absolute Gasteiger partial charge is 0.220 e. The Balaban J connectivity index is 1.52. The number of pyridine rings is 1. The second kappa shape index (κ2) is 6.65. The number of carbonyl (C=O) groups is 1. The van der Waals surface area contributed by atoms with E-state index in [1.54, 1.807) is 0 Å². The van der Waals surface area contributed by atoms with Gasteiger partial charge in [-0.05, 0) is 37.5 Å². The van der Waals surface area contributed by atoms with E-state index in [1.165, 1.54) is 16.7 Å². The van der Waals surface area contributed by atoms with Crippen molar-refractivity contribution in [3.63, 3.8) is 0 Å². The van der Waals surface area contributed by atoms with Gasteiger partial charge in [0.1, 0.15) is 5.65 Å². The molecule has 1 N–H and O–H groups in total. The van der Waals surface area contributed by atoms with Gasteiger partial charge in [0.15, 0.2) is 0 Å². The summed E-state index contributed by atoms with van der Waals surface area (Å²) in [6.07, 6.45) is 5.25. The van der Waals surface area contributed by atoms with Gasteiger partial charge in [-0.2, -0.15) is 0 Å². The molecule has 0 saturated carbocycles. The van der Waals surface area contributed by atoms with E-state index in [2.05, 4.69) is 41.5 Å². The molecule has 0 aliphatic carbocycles. The summed E-state index contributed by atoms with van der Waals surface area (Å²) in [5.41, 5.74) is 5.39. The van der Waals surface area contributed by atoms with Crippen molar-refractivity contribution in [2.45, 2.75) is 33.2 Å². The summed E-state index contributed by atoms with van der Waals surface area (Å²) in [6.45, 7) is 4.58. The number of imidazole rings is 1. The van der Waals surface area contributed by atoms with Crippen LogP contribution in [0.5, 0.6) is 0 Å². The van der Waals surface area contributed by atoms with Crippen molar-refractivity contribution in [3.05, 3.63) is 71.2 Å². The van der Waals surface area contributed by atoms with Gasteiger partial charge in [-0.3, -0.25) is 4.79 Å². The molecule has 0 radical (unpaired) electrons. The first kappa shape index (κ1) is 15.3. The lowest BCUT2D eigenvalue weighted by Crippen LogP contribution is -2.23. The van der Waals surface area contributed by atoms with Crippen molar-refractivity contribution >= 4 is 11.6 Å². The Morgan fingerprint density at radius 1 is 1.04 bits per heavy atom. The molecule has 0 aliphatic heterocycles. The van der Waals surface area contributed by atoms with E-state index in [0.717, 1.165) is 17.8 Å². The molecule has 3 aromatic rings. The molecule has 23 heavy (non-hydrogen) atoms. The van der Waals surface area contributed by atoms with Crippen molar-refractivity contribution in [1.82, 2.24) is 14.7 Å². The van der Waals surface area contributed by atoms with Crippen LogP contribution in [0.4, 0.5) is 0 Å². The molecule has 1 amide bonds. The van der Waals surface area contributed by atoms with Gasteiger partial charge < -0.3 is 9.72 Å². The first-order valence-corrected chi connectivity index (χ1v) is 7.86. The Morgan fingerprint density at radius 3 is 2.57 bits per heavy atom. The van der Waals surface area contributed by atoms with Crippen molar-refractivity contribution in [1.29, 1.82) is 0 Å². The normalized spacial score (nSPS) is 10.9. The Morgan fingerprint density at radius 2 is 1.78 bits per heavy atom. The van der Waals surface area contributed by atoms with E-state index in [4.69, 9.17) is 0 Å². The molecule has 4 heteroatoms. The molecule has 0 unspecified atom stereocenters. The van der Waals surface area contributed by atoms with Gasteiger partial charge in [-0.1, -0.05) is 35.9 Å². The van der Waals surface area contributed by atoms with Crippen LogP contribution < -0.4 is 5.32 Å². The zero-order valence-corrected chi connectivity index (χ0v) is 13.5. The third kappa shape index (κ3) is 3.97. The van der Waals surface area contributed by atoms with Crippen LogP contribution in [0.3, 0.4) is 0 Å². The number of hydrogen-bond donors (Lipinski definition) is 1. The summed E-state index contributed by atoms with van der Waals surface area (Å²) >= 11 is 0. The summed E-state index contributed by atoms with van der Waals surface area (Å²) in [6, 6.07) is 12.3.